The van der Waals surface area contributed by atoms with Crippen LogP contribution in [0.5, 0.6) is 0 Å². The molecule has 0 amide bonds. The highest BCUT2D eigenvalue weighted by Gasteiger charge is 2.55. The minimum atomic E-state index is -2.73. The number of rotatable bonds is 0. The lowest BCUT2D eigenvalue weighted by Gasteiger charge is -2.66. The Morgan fingerprint density at radius 3 is 1.07 bits per heavy atom. The lowest BCUT2D eigenvalue weighted by molar-refractivity contribution is -0.167. The molecule has 6 nitrogen and oxygen atoms in total. The van der Waals surface area contributed by atoms with Gasteiger partial charge >= 0.3 is 0 Å². The fourth-order valence-corrected chi connectivity index (χ4v) is 4.50. The average molecular weight is 608 g/mol. The molecule has 1 aromatic heterocycles. The highest BCUT2D eigenvalue weighted by Crippen LogP contribution is 2.45. The maximum Gasteiger partial charge on any atom is 0.142 e. The van der Waals surface area contributed by atoms with E-state index in [9.17, 15) is 0 Å². The molecule has 0 aromatic carbocycles. The zero-order chi connectivity index (χ0) is 40.8. The molecule has 0 unspecified atom stereocenters. The first-order chi connectivity index (χ1) is 22.0. The van der Waals surface area contributed by atoms with Crippen LogP contribution in [-0.4, -0.2) is 99.1 Å². The van der Waals surface area contributed by atoms with Gasteiger partial charge in [-0.15, -0.1) is 0 Å². The Kier molecular flexibility index (Phi) is 7.49. The molecule has 3 aliphatic rings. The number of likely N-dealkylation sites (tertiary alicyclic amines) is 2. The van der Waals surface area contributed by atoms with E-state index < -0.39 is 37.1 Å². The lowest BCUT2D eigenvalue weighted by atomic mass is 9.69. The molecule has 246 valence electrons. The Balaban J connectivity index is 0.000000274. The molecule has 0 saturated carbocycles. The summed E-state index contributed by atoms with van der Waals surface area (Å²) >= 11 is 0. The first-order valence-electron chi connectivity index (χ1n) is 20.1. The van der Waals surface area contributed by atoms with Gasteiger partial charge in [-0.25, -0.2) is 0 Å². The molecule has 6 heteroatoms. The third-order valence-electron chi connectivity index (χ3n) is 7.74. The topological polar surface area (TPSA) is 39.0 Å². The number of nitrogens with zero attached hydrogens (tertiary/aromatic N) is 5. The fraction of sp³-hybridized carbons (Fsp3) is 0.917. The summed E-state index contributed by atoms with van der Waals surface area (Å²) in [5.74, 6) is 0.669. The summed E-state index contributed by atoms with van der Waals surface area (Å²) in [6.45, 7) is 29.7. The van der Waals surface area contributed by atoms with Crippen LogP contribution >= 0.6 is 0 Å². The first kappa shape index (κ1) is 25.3. The predicted molar refractivity (Wildman–Crippen MR) is 182 cm³/mol. The zero-order valence-corrected chi connectivity index (χ0v) is 30.5. The van der Waals surface area contributed by atoms with Gasteiger partial charge in [-0.05, 0) is 83.1 Å². The molecule has 4 heterocycles. The number of piperazine rings is 1. The summed E-state index contributed by atoms with van der Waals surface area (Å²) in [6.07, 6.45) is 0. The van der Waals surface area contributed by atoms with Crippen molar-refractivity contribution in [3.05, 3.63) is 17.5 Å². The lowest BCUT2D eigenvalue weighted by Crippen LogP contribution is -2.76. The standard InChI is InChI=1S/C13H26N2.C12H26N2.C11H19NO/c1-11(2,3)14-7-13(8-14)9-15(10-13)12(4,5)6;1-11(2,3)13-7-9-14(10-8-13)12(4,5)6;1-10(2,3)8-7-9(13-12-8)11(4,5)6/h7-10H2,1-6H3;7-10H2,1-6H3;7H,1-6H3/i;7T2,8T2,9T2,10T2;7T. The molecule has 3 fully saturated rings. The van der Waals surface area contributed by atoms with Gasteiger partial charge in [0.1, 0.15) is 5.76 Å². The Morgan fingerprint density at radius 2 is 0.881 bits per heavy atom. The van der Waals surface area contributed by atoms with Crippen LogP contribution in [-0.2, 0) is 10.8 Å². The molecule has 0 aliphatic carbocycles. The normalized spacial score (nSPS) is 29.5. The van der Waals surface area contributed by atoms with Crippen LogP contribution in [0.4, 0.5) is 0 Å². The molecule has 1 aromatic rings. The van der Waals surface area contributed by atoms with E-state index in [1.807, 2.05) is 41.5 Å². The minimum Gasteiger partial charge on any atom is -0.361 e. The molecule has 42 heavy (non-hydrogen) atoms. The predicted octanol–water partition coefficient (Wildman–Crippen LogP) is 7.67. The van der Waals surface area contributed by atoms with Crippen molar-refractivity contribution in [3.63, 3.8) is 0 Å². The Labute approximate surface area is 274 Å². The molecule has 1 spiro atoms. The van der Waals surface area contributed by atoms with Gasteiger partial charge in [0.25, 0.3) is 0 Å². The Morgan fingerprint density at radius 1 is 0.571 bits per heavy atom. The zero-order valence-electron chi connectivity index (χ0n) is 39.5. The number of hydrogen-bond donors (Lipinski definition) is 0. The molecular weight excluding hydrogens is 518 g/mol. The van der Waals surface area contributed by atoms with E-state index in [1.165, 1.54) is 26.2 Å². The molecule has 0 atom stereocenters. The molecule has 0 bridgehead atoms. The van der Waals surface area contributed by atoms with Gasteiger partial charge in [0, 0.05) is 108 Å². The second-order valence-electron chi connectivity index (χ2n) is 18.5. The number of aromatic nitrogens is 1. The SMILES string of the molecule is CC(C)(C)N1CC2(C1)CN(C(C)(C)C)C2.[3H]C1([3H])N(C(C)(C)C)C([3H])([3H])C([3H])([3H])N(C(C)(C)C)C1([3H])[3H].[3H]c1c(C(C)(C)C)noc1C(C)(C)C. The fourth-order valence-electron chi connectivity index (χ4n) is 4.50. The summed E-state index contributed by atoms with van der Waals surface area (Å²) in [7, 11) is 0. The quantitative estimate of drug-likeness (QED) is 0.301. The highest BCUT2D eigenvalue weighted by molar-refractivity contribution is 5.18. The van der Waals surface area contributed by atoms with Crippen LogP contribution in [0.2, 0.25) is 0 Å². The van der Waals surface area contributed by atoms with E-state index in [4.69, 9.17) is 16.9 Å². The first-order valence-corrected chi connectivity index (χ1v) is 15.6. The summed E-state index contributed by atoms with van der Waals surface area (Å²) < 4.78 is 79.3. The van der Waals surface area contributed by atoms with Crippen LogP contribution < -0.4 is 0 Å². The minimum absolute atomic E-state index is 0.121. The van der Waals surface area contributed by atoms with Crippen LogP contribution in [0.3, 0.4) is 0 Å². The van der Waals surface area contributed by atoms with Crippen molar-refractivity contribution in [2.75, 3.05) is 52.2 Å². The number of hydrogen-bond acceptors (Lipinski definition) is 6. The van der Waals surface area contributed by atoms with Crippen molar-refractivity contribution in [1.29, 1.82) is 0 Å². The second kappa shape index (κ2) is 12.4. The maximum absolute atomic E-state index is 8.25. The third-order valence-corrected chi connectivity index (χ3v) is 7.74. The van der Waals surface area contributed by atoms with Gasteiger partial charge in [0.15, 0.2) is 0 Å². The summed E-state index contributed by atoms with van der Waals surface area (Å²) in [5.41, 5.74) is -0.364. The molecule has 4 rings (SSSR count). The Bertz CT molecular complexity index is 1220. The van der Waals surface area contributed by atoms with E-state index in [2.05, 4.69) is 56.5 Å². The van der Waals surface area contributed by atoms with Crippen molar-refractivity contribution >= 4 is 0 Å². The molecule has 3 aliphatic heterocycles. The molecular formula is C36H71N5O. The van der Waals surface area contributed by atoms with Crippen molar-refractivity contribution in [1.82, 2.24) is 24.8 Å². The van der Waals surface area contributed by atoms with Crippen molar-refractivity contribution in [2.45, 2.75) is 158 Å². The smallest absolute Gasteiger partial charge is 0.142 e. The van der Waals surface area contributed by atoms with E-state index >= 15 is 0 Å². The second-order valence-corrected chi connectivity index (χ2v) is 18.5. The van der Waals surface area contributed by atoms with Crippen LogP contribution in [0.1, 0.15) is 148 Å². The monoisotopic (exact) mass is 608 g/mol. The average Bonchev–Trinajstić information content (AvgIpc) is 3.14. The molecule has 3 saturated heterocycles. The van der Waals surface area contributed by atoms with E-state index in [1.54, 1.807) is 41.5 Å². The summed E-state index contributed by atoms with van der Waals surface area (Å²) in [6, 6.07) is 0.449. The van der Waals surface area contributed by atoms with E-state index in [0.29, 0.717) is 38.1 Å². The largest absolute Gasteiger partial charge is 0.361 e. The summed E-state index contributed by atoms with van der Waals surface area (Å²) in [4.78, 5) is 6.56. The van der Waals surface area contributed by atoms with Gasteiger partial charge in [0.2, 0.25) is 0 Å². The van der Waals surface area contributed by atoms with Crippen LogP contribution in [0.15, 0.2) is 10.6 Å². The van der Waals surface area contributed by atoms with Crippen LogP contribution in [0.25, 0.3) is 0 Å². The van der Waals surface area contributed by atoms with Gasteiger partial charge in [0.05, 0.1) is 7.06 Å². The van der Waals surface area contributed by atoms with E-state index in [-0.39, 0.29) is 10.8 Å². The highest BCUT2D eigenvalue weighted by atomic mass is 16.5. The van der Waals surface area contributed by atoms with Crippen LogP contribution in [0, 0.1) is 5.41 Å². The maximum atomic E-state index is 8.25. The van der Waals surface area contributed by atoms with Gasteiger partial charge in [-0.1, -0.05) is 46.7 Å². The molecule has 0 radical (unpaired) electrons. The van der Waals surface area contributed by atoms with Crippen molar-refractivity contribution in [2.24, 2.45) is 5.41 Å². The van der Waals surface area contributed by atoms with E-state index in [0.717, 1.165) is 5.69 Å². The van der Waals surface area contributed by atoms with Gasteiger partial charge < -0.3 is 4.52 Å². The summed E-state index contributed by atoms with van der Waals surface area (Å²) in [5, 5.41) is 3.99. The third kappa shape index (κ3) is 10.3. The van der Waals surface area contributed by atoms with Gasteiger partial charge in [-0.2, -0.15) is 0 Å². The van der Waals surface area contributed by atoms with Crippen molar-refractivity contribution in [3.8, 4) is 0 Å². The Hall–Kier alpha value is -0.950. The molecule has 0 N–H and O–H groups in total. The van der Waals surface area contributed by atoms with Crippen molar-refractivity contribution < 1.29 is 16.9 Å². The van der Waals surface area contributed by atoms with Gasteiger partial charge in [-0.3, -0.25) is 19.6 Å².